The SMILES string of the molecule is Cc1ccccc1.c1ccc(-n2c3ccccc3c3ccccc32)cc1. The Hall–Kier alpha value is -3.32. The van der Waals surface area contributed by atoms with Crippen molar-refractivity contribution in [1.29, 1.82) is 0 Å². The monoisotopic (exact) mass is 335 g/mol. The van der Waals surface area contributed by atoms with E-state index in [1.807, 2.05) is 18.2 Å². The van der Waals surface area contributed by atoms with Gasteiger partial charge in [-0.15, -0.1) is 0 Å². The molecule has 1 nitrogen and oxygen atoms in total. The Morgan fingerprint density at radius 3 is 1.35 bits per heavy atom. The van der Waals surface area contributed by atoms with E-state index in [4.69, 9.17) is 0 Å². The minimum atomic E-state index is 1.21. The lowest BCUT2D eigenvalue weighted by Gasteiger charge is -2.06. The second-order valence-corrected chi connectivity index (χ2v) is 6.36. The number of aryl methyl sites for hydroxylation is 1. The van der Waals surface area contributed by atoms with Gasteiger partial charge in [0.15, 0.2) is 0 Å². The molecule has 0 aliphatic carbocycles. The maximum atomic E-state index is 2.32. The maximum Gasteiger partial charge on any atom is 0.0541 e. The molecule has 1 heterocycles. The van der Waals surface area contributed by atoms with Crippen LogP contribution in [0.4, 0.5) is 0 Å². The number of benzene rings is 4. The molecule has 0 bridgehead atoms. The zero-order chi connectivity index (χ0) is 17.8. The van der Waals surface area contributed by atoms with Gasteiger partial charge in [-0.3, -0.25) is 0 Å². The Kier molecular flexibility index (Phi) is 4.53. The van der Waals surface area contributed by atoms with Crippen LogP contribution in [-0.2, 0) is 0 Å². The average molecular weight is 335 g/mol. The topological polar surface area (TPSA) is 4.93 Å². The normalized spacial score (nSPS) is 10.5. The molecule has 0 amide bonds. The molecule has 0 radical (unpaired) electrons. The second-order valence-electron chi connectivity index (χ2n) is 6.36. The van der Waals surface area contributed by atoms with E-state index >= 15 is 0 Å². The van der Waals surface area contributed by atoms with Crippen molar-refractivity contribution in [3.8, 4) is 5.69 Å². The van der Waals surface area contributed by atoms with Gasteiger partial charge in [0.1, 0.15) is 0 Å². The number of hydrogen-bond donors (Lipinski definition) is 0. The van der Waals surface area contributed by atoms with Gasteiger partial charge in [0.05, 0.1) is 11.0 Å². The fourth-order valence-electron chi connectivity index (χ4n) is 3.31. The molecule has 0 N–H and O–H groups in total. The smallest absolute Gasteiger partial charge is 0.0541 e. The number of hydrogen-bond acceptors (Lipinski definition) is 0. The van der Waals surface area contributed by atoms with E-state index in [-0.39, 0.29) is 0 Å². The van der Waals surface area contributed by atoms with Crippen LogP contribution >= 0.6 is 0 Å². The first-order valence-corrected chi connectivity index (χ1v) is 8.90. The van der Waals surface area contributed by atoms with Crippen LogP contribution in [0.3, 0.4) is 0 Å². The van der Waals surface area contributed by atoms with E-state index < -0.39 is 0 Å². The molecule has 126 valence electrons. The van der Waals surface area contributed by atoms with Crippen LogP contribution in [0.5, 0.6) is 0 Å². The molecule has 1 heteroatoms. The van der Waals surface area contributed by atoms with E-state index in [0.29, 0.717) is 0 Å². The molecule has 0 unspecified atom stereocenters. The van der Waals surface area contributed by atoms with E-state index in [9.17, 15) is 0 Å². The molecule has 4 aromatic carbocycles. The summed E-state index contributed by atoms with van der Waals surface area (Å²) in [6.45, 7) is 2.08. The van der Waals surface area contributed by atoms with E-state index in [1.54, 1.807) is 0 Å². The van der Waals surface area contributed by atoms with Crippen molar-refractivity contribution in [3.63, 3.8) is 0 Å². The fraction of sp³-hybridized carbons (Fsp3) is 0.0400. The molecule has 0 spiro atoms. The van der Waals surface area contributed by atoms with E-state index in [0.717, 1.165) is 0 Å². The minimum Gasteiger partial charge on any atom is -0.309 e. The van der Waals surface area contributed by atoms with Crippen LogP contribution in [0.25, 0.3) is 27.5 Å². The Morgan fingerprint density at radius 1 is 0.462 bits per heavy atom. The molecule has 0 atom stereocenters. The van der Waals surface area contributed by atoms with Crippen molar-refractivity contribution >= 4 is 21.8 Å². The van der Waals surface area contributed by atoms with Crippen LogP contribution < -0.4 is 0 Å². The highest BCUT2D eigenvalue weighted by molar-refractivity contribution is 6.09. The summed E-state index contributed by atoms with van der Waals surface area (Å²) >= 11 is 0. The van der Waals surface area contributed by atoms with Crippen molar-refractivity contribution in [3.05, 3.63) is 115 Å². The van der Waals surface area contributed by atoms with Crippen molar-refractivity contribution in [1.82, 2.24) is 4.57 Å². The summed E-state index contributed by atoms with van der Waals surface area (Å²) in [5.41, 5.74) is 5.05. The third-order valence-corrected chi connectivity index (χ3v) is 4.53. The van der Waals surface area contributed by atoms with Crippen molar-refractivity contribution in [2.24, 2.45) is 0 Å². The Morgan fingerprint density at radius 2 is 0.885 bits per heavy atom. The highest BCUT2D eigenvalue weighted by Crippen LogP contribution is 2.31. The summed E-state index contributed by atoms with van der Waals surface area (Å²) < 4.78 is 2.32. The van der Waals surface area contributed by atoms with Gasteiger partial charge in [0, 0.05) is 16.5 Å². The van der Waals surface area contributed by atoms with Crippen molar-refractivity contribution in [2.45, 2.75) is 6.92 Å². The number of nitrogens with zero attached hydrogens (tertiary/aromatic N) is 1. The first kappa shape index (κ1) is 16.2. The largest absolute Gasteiger partial charge is 0.309 e. The molecule has 26 heavy (non-hydrogen) atoms. The summed E-state index contributed by atoms with van der Waals surface area (Å²) in [6, 6.07) is 37.9. The number of para-hydroxylation sites is 3. The highest BCUT2D eigenvalue weighted by Gasteiger charge is 2.10. The summed E-state index contributed by atoms with van der Waals surface area (Å²) in [6.07, 6.45) is 0. The van der Waals surface area contributed by atoms with Gasteiger partial charge in [0.25, 0.3) is 0 Å². The molecule has 0 saturated heterocycles. The summed E-state index contributed by atoms with van der Waals surface area (Å²) in [5.74, 6) is 0. The van der Waals surface area contributed by atoms with Gasteiger partial charge in [0.2, 0.25) is 0 Å². The number of fused-ring (bicyclic) bond motifs is 3. The third kappa shape index (κ3) is 3.12. The first-order valence-electron chi connectivity index (χ1n) is 8.90. The Bertz CT molecular complexity index is 1070. The first-order chi connectivity index (χ1) is 12.8. The summed E-state index contributed by atoms with van der Waals surface area (Å²) in [7, 11) is 0. The molecule has 0 fully saturated rings. The van der Waals surface area contributed by atoms with Crippen LogP contribution in [0.15, 0.2) is 109 Å². The van der Waals surface area contributed by atoms with Gasteiger partial charge >= 0.3 is 0 Å². The second kappa shape index (κ2) is 7.28. The van der Waals surface area contributed by atoms with Gasteiger partial charge in [-0.2, -0.15) is 0 Å². The van der Waals surface area contributed by atoms with E-state index in [1.165, 1.54) is 33.1 Å². The number of rotatable bonds is 1. The van der Waals surface area contributed by atoms with Gasteiger partial charge in [-0.05, 0) is 31.2 Å². The molecule has 0 aliphatic heterocycles. The lowest BCUT2D eigenvalue weighted by atomic mass is 10.2. The molecular formula is C25H21N. The van der Waals surface area contributed by atoms with Gasteiger partial charge < -0.3 is 4.57 Å². The zero-order valence-electron chi connectivity index (χ0n) is 14.8. The van der Waals surface area contributed by atoms with Crippen LogP contribution in [0.1, 0.15) is 5.56 Å². The van der Waals surface area contributed by atoms with Gasteiger partial charge in [-0.25, -0.2) is 0 Å². The summed E-state index contributed by atoms with van der Waals surface area (Å²) in [5, 5.41) is 2.61. The predicted molar refractivity (Wildman–Crippen MR) is 112 cm³/mol. The number of aromatic nitrogens is 1. The molecule has 0 aliphatic rings. The van der Waals surface area contributed by atoms with Gasteiger partial charge in [-0.1, -0.05) is 90.5 Å². The quantitative estimate of drug-likeness (QED) is 0.318. The molecule has 5 aromatic rings. The molecular weight excluding hydrogens is 314 g/mol. The Balaban J connectivity index is 0.000000204. The lowest BCUT2D eigenvalue weighted by Crippen LogP contribution is -1.92. The molecule has 0 saturated carbocycles. The maximum absolute atomic E-state index is 2.32. The van der Waals surface area contributed by atoms with Crippen molar-refractivity contribution < 1.29 is 0 Å². The standard InChI is InChI=1S/C18H13N.C7H8/c1-2-8-14(9-3-1)19-17-12-6-4-10-15(17)16-11-5-7-13-18(16)19;1-7-5-3-2-4-6-7/h1-13H;2-6H,1H3. The van der Waals surface area contributed by atoms with Crippen LogP contribution in [0, 0.1) is 6.92 Å². The Labute approximate surface area is 154 Å². The molecule has 5 rings (SSSR count). The zero-order valence-corrected chi connectivity index (χ0v) is 14.8. The third-order valence-electron chi connectivity index (χ3n) is 4.53. The highest BCUT2D eigenvalue weighted by atomic mass is 15.0. The van der Waals surface area contributed by atoms with Crippen LogP contribution in [0.2, 0.25) is 0 Å². The average Bonchev–Trinajstić information content (AvgIpc) is 3.04. The van der Waals surface area contributed by atoms with E-state index in [2.05, 4.69) is 102 Å². The van der Waals surface area contributed by atoms with Crippen molar-refractivity contribution in [2.75, 3.05) is 0 Å². The van der Waals surface area contributed by atoms with Crippen LogP contribution in [-0.4, -0.2) is 4.57 Å². The summed E-state index contributed by atoms with van der Waals surface area (Å²) in [4.78, 5) is 0. The minimum absolute atomic E-state index is 1.21. The lowest BCUT2D eigenvalue weighted by molar-refractivity contribution is 1.18. The fourth-order valence-corrected chi connectivity index (χ4v) is 3.31. The molecule has 1 aromatic heterocycles. The predicted octanol–water partition coefficient (Wildman–Crippen LogP) is 6.78.